The predicted octanol–water partition coefficient (Wildman–Crippen LogP) is 1.80. The third kappa shape index (κ3) is 1.96. The van der Waals surface area contributed by atoms with Crippen LogP contribution in [-0.4, -0.2) is 11.8 Å². The van der Waals surface area contributed by atoms with E-state index in [4.69, 9.17) is 5.73 Å². The van der Waals surface area contributed by atoms with E-state index in [0.717, 1.165) is 12.1 Å². The van der Waals surface area contributed by atoms with Crippen molar-refractivity contribution in [2.45, 2.75) is 19.9 Å². The van der Waals surface area contributed by atoms with Crippen LogP contribution in [0.4, 0.5) is 8.78 Å². The molecular formula is C10H11F2NO. The minimum absolute atomic E-state index is 0.0116. The van der Waals surface area contributed by atoms with Gasteiger partial charge in [-0.25, -0.2) is 8.78 Å². The Morgan fingerprint density at radius 2 is 2.00 bits per heavy atom. The lowest BCUT2D eigenvalue weighted by Crippen LogP contribution is -2.27. The van der Waals surface area contributed by atoms with E-state index in [1.54, 1.807) is 0 Å². The van der Waals surface area contributed by atoms with Crippen LogP contribution in [0.3, 0.4) is 0 Å². The SMILES string of the molecule is Cc1c(F)cc(F)cc1C(=O)C(C)N. The normalized spacial score (nSPS) is 12.6. The summed E-state index contributed by atoms with van der Waals surface area (Å²) in [5, 5.41) is 0. The molecule has 4 heteroatoms. The summed E-state index contributed by atoms with van der Waals surface area (Å²) >= 11 is 0. The van der Waals surface area contributed by atoms with Crippen molar-refractivity contribution >= 4 is 5.78 Å². The van der Waals surface area contributed by atoms with E-state index < -0.39 is 23.5 Å². The number of hydrogen-bond donors (Lipinski definition) is 1. The first kappa shape index (κ1) is 10.8. The third-order valence-electron chi connectivity index (χ3n) is 1.99. The number of hydrogen-bond acceptors (Lipinski definition) is 2. The summed E-state index contributed by atoms with van der Waals surface area (Å²) in [6, 6.07) is 0.993. The molecule has 0 bridgehead atoms. The molecule has 0 aliphatic carbocycles. The van der Waals surface area contributed by atoms with Gasteiger partial charge in [0.1, 0.15) is 11.6 Å². The molecule has 0 spiro atoms. The molecule has 0 saturated carbocycles. The number of benzene rings is 1. The minimum atomic E-state index is -0.767. The molecule has 14 heavy (non-hydrogen) atoms. The van der Waals surface area contributed by atoms with Crippen LogP contribution in [0.25, 0.3) is 0 Å². The van der Waals surface area contributed by atoms with Gasteiger partial charge in [-0.05, 0) is 25.5 Å². The molecule has 0 fully saturated rings. The third-order valence-corrected chi connectivity index (χ3v) is 1.99. The van der Waals surface area contributed by atoms with Crippen LogP contribution in [0.15, 0.2) is 12.1 Å². The Morgan fingerprint density at radius 3 is 2.50 bits per heavy atom. The molecular weight excluding hydrogens is 188 g/mol. The molecule has 0 aliphatic rings. The summed E-state index contributed by atoms with van der Waals surface area (Å²) in [5.41, 5.74) is 5.49. The van der Waals surface area contributed by atoms with Gasteiger partial charge in [-0.2, -0.15) is 0 Å². The zero-order valence-corrected chi connectivity index (χ0v) is 7.97. The lowest BCUT2D eigenvalue weighted by Gasteiger charge is -2.08. The second kappa shape index (κ2) is 3.84. The Hall–Kier alpha value is -1.29. The number of carbonyl (C=O) groups excluding carboxylic acids is 1. The van der Waals surface area contributed by atoms with Gasteiger partial charge in [0.15, 0.2) is 5.78 Å². The second-order valence-corrected chi connectivity index (χ2v) is 3.21. The zero-order valence-electron chi connectivity index (χ0n) is 7.97. The Bertz CT molecular complexity index is 375. The summed E-state index contributed by atoms with van der Waals surface area (Å²) in [5.74, 6) is -1.95. The van der Waals surface area contributed by atoms with E-state index in [2.05, 4.69) is 0 Å². The topological polar surface area (TPSA) is 43.1 Å². The smallest absolute Gasteiger partial charge is 0.179 e. The summed E-state index contributed by atoms with van der Waals surface area (Å²) < 4.78 is 25.8. The molecule has 1 atom stereocenters. The van der Waals surface area contributed by atoms with Gasteiger partial charge < -0.3 is 5.73 Å². The summed E-state index contributed by atoms with van der Waals surface area (Å²) in [4.78, 5) is 11.4. The van der Waals surface area contributed by atoms with Gasteiger partial charge in [0, 0.05) is 11.6 Å². The van der Waals surface area contributed by atoms with Crippen molar-refractivity contribution in [1.82, 2.24) is 0 Å². The Balaban J connectivity index is 3.27. The molecule has 2 N–H and O–H groups in total. The van der Waals surface area contributed by atoms with E-state index in [1.807, 2.05) is 0 Å². The fourth-order valence-electron chi connectivity index (χ4n) is 1.15. The monoisotopic (exact) mass is 199 g/mol. The van der Waals surface area contributed by atoms with E-state index in [-0.39, 0.29) is 11.1 Å². The molecule has 1 aromatic rings. The molecule has 1 aromatic carbocycles. The second-order valence-electron chi connectivity index (χ2n) is 3.21. The van der Waals surface area contributed by atoms with Crippen molar-refractivity contribution in [2.24, 2.45) is 5.73 Å². The highest BCUT2D eigenvalue weighted by Gasteiger charge is 2.16. The Labute approximate surface area is 80.7 Å². The highest BCUT2D eigenvalue weighted by atomic mass is 19.1. The number of rotatable bonds is 2. The fraction of sp³-hybridized carbons (Fsp3) is 0.300. The van der Waals surface area contributed by atoms with E-state index in [0.29, 0.717) is 0 Å². The highest BCUT2D eigenvalue weighted by molar-refractivity contribution is 6.00. The van der Waals surface area contributed by atoms with E-state index >= 15 is 0 Å². The van der Waals surface area contributed by atoms with Crippen molar-refractivity contribution in [2.75, 3.05) is 0 Å². The molecule has 0 heterocycles. The average Bonchev–Trinajstić information content (AvgIpc) is 2.09. The van der Waals surface area contributed by atoms with Crippen LogP contribution >= 0.6 is 0 Å². The molecule has 2 nitrogen and oxygen atoms in total. The van der Waals surface area contributed by atoms with Crippen molar-refractivity contribution in [3.63, 3.8) is 0 Å². The van der Waals surface area contributed by atoms with Crippen LogP contribution in [0, 0.1) is 18.6 Å². The number of nitrogens with two attached hydrogens (primary N) is 1. The molecule has 0 aromatic heterocycles. The summed E-state index contributed by atoms with van der Waals surface area (Å²) in [6.45, 7) is 2.90. The van der Waals surface area contributed by atoms with E-state index in [9.17, 15) is 13.6 Å². The summed E-state index contributed by atoms with van der Waals surface area (Å²) in [7, 11) is 0. The Morgan fingerprint density at radius 1 is 1.43 bits per heavy atom. The maximum atomic E-state index is 13.0. The van der Waals surface area contributed by atoms with Crippen LogP contribution in [0.5, 0.6) is 0 Å². The van der Waals surface area contributed by atoms with Crippen LogP contribution < -0.4 is 5.73 Å². The number of halogens is 2. The number of carbonyl (C=O) groups is 1. The highest BCUT2D eigenvalue weighted by Crippen LogP contribution is 2.16. The Kier molecular flexibility index (Phi) is 2.96. The van der Waals surface area contributed by atoms with Gasteiger partial charge in [-0.15, -0.1) is 0 Å². The van der Waals surface area contributed by atoms with E-state index in [1.165, 1.54) is 13.8 Å². The maximum absolute atomic E-state index is 13.0. The predicted molar refractivity (Wildman–Crippen MR) is 49.1 cm³/mol. The molecule has 1 unspecified atom stereocenters. The lowest BCUT2D eigenvalue weighted by atomic mass is 10.0. The molecule has 0 amide bonds. The minimum Gasteiger partial charge on any atom is -0.321 e. The number of Topliss-reactive ketones (excluding diaryl/α,β-unsaturated/α-hetero) is 1. The van der Waals surface area contributed by atoms with Gasteiger partial charge in [0.25, 0.3) is 0 Å². The first-order valence-corrected chi connectivity index (χ1v) is 4.19. The maximum Gasteiger partial charge on any atom is 0.179 e. The standard InChI is InChI=1S/C10H11F2NO/c1-5-8(10(14)6(2)13)3-7(11)4-9(5)12/h3-4,6H,13H2,1-2H3. The first-order chi connectivity index (χ1) is 6.43. The van der Waals surface area contributed by atoms with Crippen LogP contribution in [-0.2, 0) is 0 Å². The van der Waals surface area contributed by atoms with Gasteiger partial charge in [-0.1, -0.05) is 0 Å². The first-order valence-electron chi connectivity index (χ1n) is 4.19. The van der Waals surface area contributed by atoms with Gasteiger partial charge in [-0.3, -0.25) is 4.79 Å². The fourth-order valence-corrected chi connectivity index (χ4v) is 1.15. The quantitative estimate of drug-likeness (QED) is 0.738. The molecule has 0 aliphatic heterocycles. The van der Waals surface area contributed by atoms with Crippen molar-refractivity contribution in [3.8, 4) is 0 Å². The lowest BCUT2D eigenvalue weighted by molar-refractivity contribution is 0.0966. The van der Waals surface area contributed by atoms with Crippen molar-refractivity contribution in [1.29, 1.82) is 0 Å². The largest absolute Gasteiger partial charge is 0.321 e. The average molecular weight is 199 g/mol. The zero-order chi connectivity index (χ0) is 10.9. The molecule has 0 radical (unpaired) electrons. The van der Waals surface area contributed by atoms with Crippen molar-refractivity contribution < 1.29 is 13.6 Å². The molecule has 76 valence electrons. The molecule has 0 saturated heterocycles. The van der Waals surface area contributed by atoms with Gasteiger partial charge in [0.05, 0.1) is 6.04 Å². The van der Waals surface area contributed by atoms with Gasteiger partial charge >= 0.3 is 0 Å². The summed E-state index contributed by atoms with van der Waals surface area (Å²) in [6.07, 6.45) is 0. The molecule has 1 rings (SSSR count). The number of ketones is 1. The van der Waals surface area contributed by atoms with Crippen LogP contribution in [0.2, 0.25) is 0 Å². The van der Waals surface area contributed by atoms with Crippen LogP contribution in [0.1, 0.15) is 22.8 Å². The van der Waals surface area contributed by atoms with Gasteiger partial charge in [0.2, 0.25) is 0 Å². The van der Waals surface area contributed by atoms with Crippen molar-refractivity contribution in [3.05, 3.63) is 34.9 Å².